The zero-order valence-corrected chi connectivity index (χ0v) is 10.2. The molecule has 0 aromatic carbocycles. The highest BCUT2D eigenvalue weighted by Gasteiger charge is 1.90. The highest BCUT2D eigenvalue weighted by atomic mass is 79.9. The van der Waals surface area contributed by atoms with Crippen LogP contribution in [0.25, 0.3) is 0 Å². The summed E-state index contributed by atoms with van der Waals surface area (Å²) in [5.74, 6) is 0.380. The van der Waals surface area contributed by atoms with E-state index >= 15 is 0 Å². The molecule has 0 bridgehead atoms. The molecule has 0 fully saturated rings. The molecule has 0 amide bonds. The largest absolute Gasteiger partial charge is 0.560 e. The van der Waals surface area contributed by atoms with Gasteiger partial charge in [0.15, 0.2) is 0 Å². The Labute approximate surface area is 79.1 Å². The molecule has 0 spiro atoms. The second-order valence-corrected chi connectivity index (χ2v) is 9.76. The Hall–Kier alpha value is 1.69. The first-order valence-corrected chi connectivity index (χ1v) is 10.5. The number of rotatable bonds is 2. The van der Waals surface area contributed by atoms with Crippen LogP contribution in [-0.4, -0.2) is 27.7 Å². The molecule has 0 saturated heterocycles. The SMILES string of the molecule is [Br][Mg][Br].[CH2]CC(C)CO. The molecule has 1 nitrogen and oxygen atoms in total. The summed E-state index contributed by atoms with van der Waals surface area (Å²) in [7, 11) is 0. The molecule has 4 heteroatoms. The summed E-state index contributed by atoms with van der Waals surface area (Å²) in [6.07, 6.45) is 0.830. The average Bonchev–Trinajstić information content (AvgIpc) is 1.88. The molecule has 53 valence electrons. The third-order valence-electron chi connectivity index (χ3n) is 0.804. The molecule has 0 aromatic heterocycles. The Balaban J connectivity index is 0. The number of hydrogen-bond acceptors (Lipinski definition) is 1. The van der Waals surface area contributed by atoms with Crippen molar-refractivity contribution in [3.63, 3.8) is 0 Å². The number of aliphatic hydroxyl groups is 1. The van der Waals surface area contributed by atoms with Crippen molar-refractivity contribution in [2.75, 3.05) is 6.61 Å². The van der Waals surface area contributed by atoms with E-state index in [4.69, 9.17) is 5.11 Å². The van der Waals surface area contributed by atoms with Gasteiger partial charge in [0.2, 0.25) is 0 Å². The Morgan fingerprint density at radius 2 is 2.00 bits per heavy atom. The van der Waals surface area contributed by atoms with E-state index in [0.717, 1.165) is 6.42 Å². The van der Waals surface area contributed by atoms with E-state index in [1.165, 1.54) is 0 Å². The second kappa shape index (κ2) is 12.4. The third kappa shape index (κ3) is 17.7. The van der Waals surface area contributed by atoms with Crippen molar-refractivity contribution in [1.29, 1.82) is 0 Å². The minimum Gasteiger partial charge on any atom is -0.396 e. The highest BCUT2D eigenvalue weighted by molar-refractivity contribution is 9.47. The van der Waals surface area contributed by atoms with Crippen LogP contribution in [-0.2, 0) is 0 Å². The molecule has 1 N–H and O–H groups in total. The lowest BCUT2D eigenvalue weighted by Gasteiger charge is -1.97. The molecule has 0 aliphatic heterocycles. The van der Waals surface area contributed by atoms with Gasteiger partial charge in [0.1, 0.15) is 0 Å². The topological polar surface area (TPSA) is 20.2 Å². The van der Waals surface area contributed by atoms with Crippen molar-refractivity contribution < 1.29 is 5.11 Å². The van der Waals surface area contributed by atoms with Crippen LogP contribution in [0, 0.1) is 12.8 Å². The number of aliphatic hydroxyl groups excluding tert-OH is 1. The molecule has 0 rings (SSSR count). The van der Waals surface area contributed by atoms with Gasteiger partial charge in [-0.25, -0.2) is 0 Å². The Morgan fingerprint density at radius 1 is 1.67 bits per heavy atom. The summed E-state index contributed by atoms with van der Waals surface area (Å²) in [5, 5.41) is 8.29. The molecule has 0 saturated carbocycles. The average molecular weight is 271 g/mol. The van der Waals surface area contributed by atoms with Crippen LogP contribution < -0.4 is 0 Å². The molecule has 1 radical (unpaired) electrons. The summed E-state index contributed by atoms with van der Waals surface area (Å²) in [6.45, 7) is 5.83. The summed E-state index contributed by atoms with van der Waals surface area (Å²) in [6, 6.07) is 0. The maximum absolute atomic E-state index is 8.29. The molecule has 0 aromatic rings. The minimum atomic E-state index is 0.0417. The highest BCUT2D eigenvalue weighted by Crippen LogP contribution is 1.94. The van der Waals surface area contributed by atoms with Crippen molar-refractivity contribution in [2.45, 2.75) is 13.3 Å². The quantitative estimate of drug-likeness (QED) is 0.763. The molecular formula is C5H11Br2MgO. The van der Waals surface area contributed by atoms with Gasteiger partial charge in [0, 0.05) is 6.61 Å². The maximum atomic E-state index is 8.29. The fourth-order valence-corrected chi connectivity index (χ4v) is 0.0913. The molecule has 1 atom stereocenters. The molecule has 9 heavy (non-hydrogen) atoms. The van der Waals surface area contributed by atoms with E-state index in [-0.39, 0.29) is 22.6 Å². The van der Waals surface area contributed by atoms with Crippen LogP contribution in [0.15, 0.2) is 0 Å². The lowest BCUT2D eigenvalue weighted by molar-refractivity contribution is 0.238. The standard InChI is InChI=1S/C5H11O.2BrH.Mg/c1-3-5(2)4-6;;;/h5-6H,1,3-4H2,2H3;2*1H;/q;;;+2/p-2. The van der Waals surface area contributed by atoms with Gasteiger partial charge in [-0.05, 0) is 12.3 Å². The Bertz CT molecular complexity index is 41.9. The van der Waals surface area contributed by atoms with Crippen molar-refractivity contribution >= 4 is 41.8 Å². The molecule has 0 aliphatic rings. The molecular weight excluding hydrogens is 260 g/mol. The lowest BCUT2D eigenvalue weighted by Crippen LogP contribution is -1.96. The van der Waals surface area contributed by atoms with Crippen molar-refractivity contribution in [2.24, 2.45) is 5.92 Å². The predicted octanol–water partition coefficient (Wildman–Crippen LogP) is 2.15. The van der Waals surface area contributed by atoms with E-state index in [9.17, 15) is 0 Å². The summed E-state index contributed by atoms with van der Waals surface area (Å²) < 4.78 is 0. The zero-order chi connectivity index (χ0) is 7.70. The van der Waals surface area contributed by atoms with Crippen molar-refractivity contribution in [3.8, 4) is 0 Å². The minimum absolute atomic E-state index is 0.0417. The van der Waals surface area contributed by atoms with Crippen LogP contribution >= 0.6 is 25.8 Å². The van der Waals surface area contributed by atoms with Gasteiger partial charge in [-0.2, -0.15) is 0 Å². The second-order valence-electron chi connectivity index (χ2n) is 1.68. The van der Waals surface area contributed by atoms with Gasteiger partial charge in [-0.3, -0.25) is 25.8 Å². The van der Waals surface area contributed by atoms with E-state index in [2.05, 4.69) is 32.7 Å². The van der Waals surface area contributed by atoms with Gasteiger partial charge in [-0.1, -0.05) is 13.8 Å². The lowest BCUT2D eigenvalue weighted by atomic mass is 10.1. The fraction of sp³-hybridized carbons (Fsp3) is 0.800. The first-order valence-electron chi connectivity index (χ1n) is 2.74. The molecule has 1 unspecified atom stereocenters. The zero-order valence-electron chi connectivity index (χ0n) is 5.61. The molecule has 0 heterocycles. The summed E-state index contributed by atoms with van der Waals surface area (Å²) >= 11 is 6.44. The molecule has 0 aliphatic carbocycles. The van der Waals surface area contributed by atoms with Gasteiger partial charge in [0.05, 0.1) is 0 Å². The number of hydrogen-bond donors (Lipinski definition) is 1. The predicted molar refractivity (Wildman–Crippen MR) is 49.8 cm³/mol. The van der Waals surface area contributed by atoms with E-state index in [1.807, 2.05) is 6.92 Å². The monoisotopic (exact) mass is 269 g/mol. The van der Waals surface area contributed by atoms with Gasteiger partial charge in [-0.15, -0.1) is 0 Å². The van der Waals surface area contributed by atoms with E-state index in [1.54, 1.807) is 0 Å². The van der Waals surface area contributed by atoms with Crippen LogP contribution in [0.2, 0.25) is 0 Å². The van der Waals surface area contributed by atoms with Gasteiger partial charge < -0.3 is 5.11 Å². The van der Waals surface area contributed by atoms with Crippen molar-refractivity contribution in [3.05, 3.63) is 6.92 Å². The Morgan fingerprint density at radius 3 is 2.00 bits per heavy atom. The van der Waals surface area contributed by atoms with Crippen LogP contribution in [0.1, 0.15) is 13.3 Å². The van der Waals surface area contributed by atoms with E-state index < -0.39 is 0 Å². The Kier molecular flexibility index (Phi) is 18.3. The third-order valence-corrected chi connectivity index (χ3v) is 0.804. The van der Waals surface area contributed by atoms with Crippen LogP contribution in [0.4, 0.5) is 0 Å². The van der Waals surface area contributed by atoms with E-state index in [0.29, 0.717) is 5.92 Å². The maximum Gasteiger partial charge on any atom is 0.560 e. The fourth-order valence-electron chi connectivity index (χ4n) is 0.0913. The first-order chi connectivity index (χ1) is 4.22. The van der Waals surface area contributed by atoms with Crippen molar-refractivity contribution in [1.82, 2.24) is 0 Å². The first kappa shape index (κ1) is 13.3. The van der Waals surface area contributed by atoms with Gasteiger partial charge >= 0.3 is 16.0 Å². The van der Waals surface area contributed by atoms with Crippen LogP contribution in [0.5, 0.6) is 0 Å². The smallest absolute Gasteiger partial charge is 0.396 e. The van der Waals surface area contributed by atoms with Crippen LogP contribution in [0.3, 0.4) is 0 Å². The normalized spacial score (nSPS) is 10.8. The summed E-state index contributed by atoms with van der Waals surface area (Å²) in [5.41, 5.74) is 0. The number of halogens is 2. The van der Waals surface area contributed by atoms with Gasteiger partial charge in [0.25, 0.3) is 0 Å². The summed E-state index contributed by atoms with van der Waals surface area (Å²) in [4.78, 5) is 0.